The molecule has 0 radical (unpaired) electrons. The van der Waals surface area contributed by atoms with Crippen molar-refractivity contribution in [3.8, 4) is 0 Å². The lowest BCUT2D eigenvalue weighted by molar-refractivity contribution is -0.120. The molecule has 1 saturated carbocycles. The van der Waals surface area contributed by atoms with Crippen LogP contribution in [0.2, 0.25) is 5.02 Å². The number of amides is 1. The summed E-state index contributed by atoms with van der Waals surface area (Å²) in [5, 5.41) is 3.92. The number of rotatable bonds is 5. The van der Waals surface area contributed by atoms with Gasteiger partial charge in [-0.25, -0.2) is 0 Å². The van der Waals surface area contributed by atoms with Crippen LogP contribution in [0.4, 0.5) is 0 Å². The highest BCUT2D eigenvalue weighted by Crippen LogP contribution is 2.29. The number of hydrogen-bond acceptors (Lipinski definition) is 2. The van der Waals surface area contributed by atoms with Gasteiger partial charge in [-0.15, -0.1) is 0 Å². The Bertz CT molecular complexity index is 429. The molecule has 1 fully saturated rings. The van der Waals surface area contributed by atoms with Crippen LogP contribution in [0.1, 0.15) is 30.0 Å². The first-order chi connectivity index (χ1) is 8.08. The Balaban J connectivity index is 2.15. The van der Waals surface area contributed by atoms with Crippen LogP contribution in [-0.2, 0) is 4.79 Å². The normalized spacial score (nSPS) is 16.8. The summed E-state index contributed by atoms with van der Waals surface area (Å²) in [5.41, 5.74) is 7.36. The lowest BCUT2D eigenvalue weighted by atomic mass is 10.0. The number of nitrogens with two attached hydrogens (primary N) is 1. The smallest absolute Gasteiger partial charge is 0.239 e. The molecule has 1 unspecified atom stereocenters. The molecule has 17 heavy (non-hydrogen) atoms. The molecule has 0 spiro atoms. The first kappa shape index (κ1) is 12.4. The van der Waals surface area contributed by atoms with Crippen molar-refractivity contribution in [3.63, 3.8) is 0 Å². The predicted octanol–water partition coefficient (Wildman–Crippen LogP) is 2.17. The lowest BCUT2D eigenvalue weighted by Crippen LogP contribution is -2.35. The second-order valence-electron chi connectivity index (χ2n) is 4.69. The third kappa shape index (κ3) is 3.20. The van der Waals surface area contributed by atoms with E-state index in [1.807, 2.05) is 19.1 Å². The number of halogens is 1. The van der Waals surface area contributed by atoms with E-state index in [9.17, 15) is 4.79 Å². The van der Waals surface area contributed by atoms with Crippen molar-refractivity contribution in [2.75, 3.05) is 6.54 Å². The maximum atomic E-state index is 11.5. The Morgan fingerprint density at radius 3 is 2.82 bits per heavy atom. The molecule has 3 nitrogen and oxygen atoms in total. The fourth-order valence-corrected chi connectivity index (χ4v) is 2.16. The van der Waals surface area contributed by atoms with Crippen LogP contribution >= 0.6 is 11.6 Å². The average Bonchev–Trinajstić information content (AvgIpc) is 3.04. The minimum Gasteiger partial charge on any atom is -0.368 e. The van der Waals surface area contributed by atoms with Crippen molar-refractivity contribution in [1.29, 1.82) is 0 Å². The predicted molar refractivity (Wildman–Crippen MR) is 68.9 cm³/mol. The molecule has 1 aromatic rings. The fraction of sp³-hybridized carbons (Fsp3) is 0.462. The molecule has 1 amide bonds. The van der Waals surface area contributed by atoms with Gasteiger partial charge in [0, 0.05) is 5.02 Å². The molecule has 3 N–H and O–H groups in total. The Labute approximate surface area is 106 Å². The molecule has 0 saturated heterocycles. The molecule has 1 aliphatic carbocycles. The monoisotopic (exact) mass is 252 g/mol. The topological polar surface area (TPSA) is 55.1 Å². The first-order valence-electron chi connectivity index (χ1n) is 5.86. The summed E-state index contributed by atoms with van der Waals surface area (Å²) in [6, 6.07) is 5.10. The van der Waals surface area contributed by atoms with Gasteiger partial charge < -0.3 is 11.1 Å². The highest BCUT2D eigenvalue weighted by molar-refractivity contribution is 6.30. The van der Waals surface area contributed by atoms with Gasteiger partial charge in [0.1, 0.15) is 6.04 Å². The van der Waals surface area contributed by atoms with Crippen LogP contribution in [0.15, 0.2) is 18.2 Å². The van der Waals surface area contributed by atoms with Gasteiger partial charge in [-0.05, 0) is 55.5 Å². The van der Waals surface area contributed by atoms with E-state index in [0.717, 1.165) is 17.7 Å². The van der Waals surface area contributed by atoms with E-state index in [-0.39, 0.29) is 5.91 Å². The van der Waals surface area contributed by atoms with Gasteiger partial charge in [0.15, 0.2) is 0 Å². The van der Waals surface area contributed by atoms with Gasteiger partial charge in [-0.3, -0.25) is 4.79 Å². The Hall–Kier alpha value is -1.06. The van der Waals surface area contributed by atoms with E-state index in [0.29, 0.717) is 10.9 Å². The highest BCUT2D eigenvalue weighted by atomic mass is 35.5. The Morgan fingerprint density at radius 2 is 2.29 bits per heavy atom. The molecule has 0 heterocycles. The average molecular weight is 253 g/mol. The summed E-state index contributed by atoms with van der Waals surface area (Å²) in [5.74, 6) is 0.375. The number of carbonyl (C=O) groups is 1. The SMILES string of the molecule is Cc1cc(Cl)ccc1C(NCC1CC1)C(N)=O. The number of benzene rings is 1. The Kier molecular flexibility index (Phi) is 3.69. The molecule has 0 aromatic heterocycles. The zero-order valence-corrected chi connectivity index (χ0v) is 10.6. The number of aryl methyl sites for hydroxylation is 1. The number of carbonyl (C=O) groups excluding carboxylic acids is 1. The van der Waals surface area contributed by atoms with E-state index >= 15 is 0 Å². The maximum absolute atomic E-state index is 11.5. The minimum atomic E-state index is -0.409. The summed E-state index contributed by atoms with van der Waals surface area (Å²) in [6.45, 7) is 2.80. The number of nitrogens with one attached hydrogen (secondary N) is 1. The third-order valence-electron chi connectivity index (χ3n) is 3.13. The summed E-state index contributed by atoms with van der Waals surface area (Å²) in [7, 11) is 0. The highest BCUT2D eigenvalue weighted by Gasteiger charge is 2.25. The molecule has 0 bridgehead atoms. The van der Waals surface area contributed by atoms with Gasteiger partial charge in [0.25, 0.3) is 0 Å². The molecular weight excluding hydrogens is 236 g/mol. The van der Waals surface area contributed by atoms with Gasteiger partial charge >= 0.3 is 0 Å². The number of primary amides is 1. The van der Waals surface area contributed by atoms with Crippen molar-refractivity contribution in [1.82, 2.24) is 5.32 Å². The summed E-state index contributed by atoms with van der Waals surface area (Å²) < 4.78 is 0. The van der Waals surface area contributed by atoms with Gasteiger partial charge in [0.2, 0.25) is 5.91 Å². The van der Waals surface area contributed by atoms with Crippen LogP contribution in [0.3, 0.4) is 0 Å². The number of hydrogen-bond donors (Lipinski definition) is 2. The Morgan fingerprint density at radius 1 is 1.59 bits per heavy atom. The molecule has 1 aromatic carbocycles. The summed E-state index contributed by atoms with van der Waals surface area (Å²) >= 11 is 5.90. The molecule has 2 rings (SSSR count). The fourth-order valence-electron chi connectivity index (χ4n) is 1.93. The van der Waals surface area contributed by atoms with E-state index in [1.54, 1.807) is 6.07 Å². The molecular formula is C13H17ClN2O. The zero-order chi connectivity index (χ0) is 12.4. The van der Waals surface area contributed by atoms with Crippen molar-refractivity contribution < 1.29 is 4.79 Å². The third-order valence-corrected chi connectivity index (χ3v) is 3.37. The van der Waals surface area contributed by atoms with Crippen molar-refractivity contribution >= 4 is 17.5 Å². The lowest BCUT2D eigenvalue weighted by Gasteiger charge is -2.18. The van der Waals surface area contributed by atoms with Gasteiger partial charge in [-0.2, -0.15) is 0 Å². The molecule has 1 atom stereocenters. The van der Waals surface area contributed by atoms with E-state index in [4.69, 9.17) is 17.3 Å². The van der Waals surface area contributed by atoms with Crippen molar-refractivity contribution in [2.24, 2.45) is 11.7 Å². The summed E-state index contributed by atoms with van der Waals surface area (Å²) in [4.78, 5) is 11.5. The first-order valence-corrected chi connectivity index (χ1v) is 6.24. The van der Waals surface area contributed by atoms with Gasteiger partial charge in [-0.1, -0.05) is 17.7 Å². The molecule has 1 aliphatic rings. The van der Waals surface area contributed by atoms with Crippen LogP contribution in [0.5, 0.6) is 0 Å². The second-order valence-corrected chi connectivity index (χ2v) is 5.12. The van der Waals surface area contributed by atoms with E-state index in [1.165, 1.54) is 12.8 Å². The molecule has 4 heteroatoms. The minimum absolute atomic E-state index is 0.337. The standard InChI is InChI=1S/C13H17ClN2O/c1-8-6-10(14)4-5-11(8)12(13(15)17)16-7-9-2-3-9/h4-6,9,12,16H,2-3,7H2,1H3,(H2,15,17). The second kappa shape index (κ2) is 5.07. The zero-order valence-electron chi connectivity index (χ0n) is 9.87. The molecule has 0 aliphatic heterocycles. The van der Waals surface area contributed by atoms with Crippen molar-refractivity contribution in [2.45, 2.75) is 25.8 Å². The quantitative estimate of drug-likeness (QED) is 0.844. The maximum Gasteiger partial charge on any atom is 0.239 e. The van der Waals surface area contributed by atoms with Gasteiger partial charge in [0.05, 0.1) is 0 Å². The van der Waals surface area contributed by atoms with Crippen LogP contribution in [0, 0.1) is 12.8 Å². The van der Waals surface area contributed by atoms with Crippen LogP contribution < -0.4 is 11.1 Å². The van der Waals surface area contributed by atoms with Crippen LogP contribution in [-0.4, -0.2) is 12.5 Å². The van der Waals surface area contributed by atoms with Crippen molar-refractivity contribution in [3.05, 3.63) is 34.3 Å². The van der Waals surface area contributed by atoms with Crippen LogP contribution in [0.25, 0.3) is 0 Å². The largest absolute Gasteiger partial charge is 0.368 e. The van der Waals surface area contributed by atoms with E-state index < -0.39 is 6.04 Å². The molecule has 92 valence electrons. The summed E-state index contributed by atoms with van der Waals surface area (Å²) in [6.07, 6.45) is 2.50. The van der Waals surface area contributed by atoms with E-state index in [2.05, 4.69) is 5.32 Å².